The molecule has 3 N–H and O–H groups in total. The van der Waals surface area contributed by atoms with Crippen LogP contribution in [-0.2, 0) is 13.5 Å². The largest absolute Gasteiger partial charge is 0.334 e. The molecule has 2 rings (SSSR count). The summed E-state index contributed by atoms with van der Waals surface area (Å²) in [6.45, 7) is 2.54. The maximum Gasteiger partial charge on any atom is 0.0955 e. The average Bonchev–Trinajstić information content (AvgIpc) is 2.66. The van der Waals surface area contributed by atoms with Crippen molar-refractivity contribution in [2.24, 2.45) is 12.8 Å². The van der Waals surface area contributed by atoms with E-state index in [1.165, 1.54) is 11.1 Å². The van der Waals surface area contributed by atoms with Crippen molar-refractivity contribution in [1.29, 1.82) is 0 Å². The molecule has 0 atom stereocenters. The summed E-state index contributed by atoms with van der Waals surface area (Å²) in [5.74, 6) is 0. The number of hydrogen-bond donors (Lipinski definition) is 2. The molecular weight excluding hydrogens is 200 g/mol. The molecular formula is C12H18N4. The first-order chi connectivity index (χ1) is 7.81. The molecule has 0 spiro atoms. The topological polar surface area (TPSA) is 55.9 Å². The van der Waals surface area contributed by atoms with Gasteiger partial charge in [0.1, 0.15) is 0 Å². The van der Waals surface area contributed by atoms with E-state index in [4.69, 9.17) is 5.73 Å². The molecule has 0 aliphatic carbocycles. The Balaban J connectivity index is 2.02. The summed E-state index contributed by atoms with van der Waals surface area (Å²) in [6, 6.07) is 6.44. The zero-order chi connectivity index (χ0) is 11.4. The van der Waals surface area contributed by atoms with Gasteiger partial charge >= 0.3 is 0 Å². The van der Waals surface area contributed by atoms with Crippen molar-refractivity contribution in [3.8, 4) is 0 Å². The van der Waals surface area contributed by atoms with Crippen molar-refractivity contribution in [3.63, 3.8) is 0 Å². The molecule has 0 bridgehead atoms. The predicted molar refractivity (Wildman–Crippen MR) is 66.3 cm³/mol. The van der Waals surface area contributed by atoms with Gasteiger partial charge < -0.3 is 15.6 Å². The quantitative estimate of drug-likeness (QED) is 0.725. The van der Waals surface area contributed by atoms with Gasteiger partial charge in [0.05, 0.1) is 17.4 Å². The summed E-state index contributed by atoms with van der Waals surface area (Å²) < 4.78 is 2.03. The summed E-state index contributed by atoms with van der Waals surface area (Å²) >= 11 is 0. The lowest BCUT2D eigenvalue weighted by molar-refractivity contribution is 0.689. The van der Waals surface area contributed by atoms with Gasteiger partial charge in [-0.3, -0.25) is 0 Å². The Morgan fingerprint density at radius 1 is 1.38 bits per heavy atom. The summed E-state index contributed by atoms with van der Waals surface area (Å²) in [5.41, 5.74) is 8.97. The highest BCUT2D eigenvalue weighted by atomic mass is 15.0. The number of imidazole rings is 1. The van der Waals surface area contributed by atoms with Crippen LogP contribution in [0.4, 0.5) is 0 Å². The zero-order valence-electron chi connectivity index (χ0n) is 9.61. The van der Waals surface area contributed by atoms with Crippen LogP contribution in [0.1, 0.15) is 5.56 Å². The first kappa shape index (κ1) is 11.1. The van der Waals surface area contributed by atoms with E-state index in [1.807, 2.05) is 17.9 Å². The minimum Gasteiger partial charge on any atom is -0.334 e. The Morgan fingerprint density at radius 3 is 3.06 bits per heavy atom. The van der Waals surface area contributed by atoms with Crippen molar-refractivity contribution >= 4 is 11.0 Å². The molecule has 1 aromatic carbocycles. The van der Waals surface area contributed by atoms with Crippen LogP contribution in [0.3, 0.4) is 0 Å². The SMILES string of the molecule is Cn1cnc2cc(CCNCCN)ccc21. The fourth-order valence-electron chi connectivity index (χ4n) is 1.80. The number of hydrogen-bond acceptors (Lipinski definition) is 3. The van der Waals surface area contributed by atoms with Crippen molar-refractivity contribution in [2.75, 3.05) is 19.6 Å². The highest BCUT2D eigenvalue weighted by Gasteiger charge is 2.00. The lowest BCUT2D eigenvalue weighted by Gasteiger charge is -2.03. The van der Waals surface area contributed by atoms with Gasteiger partial charge in [-0.1, -0.05) is 6.07 Å². The first-order valence-electron chi connectivity index (χ1n) is 5.62. The Kier molecular flexibility index (Phi) is 3.54. The smallest absolute Gasteiger partial charge is 0.0955 e. The minimum absolute atomic E-state index is 0.694. The molecule has 0 saturated heterocycles. The lowest BCUT2D eigenvalue weighted by atomic mass is 10.1. The number of benzene rings is 1. The van der Waals surface area contributed by atoms with E-state index >= 15 is 0 Å². The first-order valence-corrected chi connectivity index (χ1v) is 5.62. The third-order valence-corrected chi connectivity index (χ3v) is 2.70. The van der Waals surface area contributed by atoms with Crippen LogP contribution in [0.5, 0.6) is 0 Å². The fraction of sp³-hybridized carbons (Fsp3) is 0.417. The molecule has 0 aliphatic heterocycles. The Labute approximate surface area is 95.5 Å². The third kappa shape index (κ3) is 2.40. The van der Waals surface area contributed by atoms with E-state index in [2.05, 4.69) is 28.5 Å². The van der Waals surface area contributed by atoms with Crippen LogP contribution in [0.25, 0.3) is 11.0 Å². The molecule has 86 valence electrons. The van der Waals surface area contributed by atoms with Gasteiger partial charge in [0.2, 0.25) is 0 Å². The number of nitrogens with zero attached hydrogens (tertiary/aromatic N) is 2. The molecule has 0 fully saturated rings. The second kappa shape index (κ2) is 5.09. The van der Waals surface area contributed by atoms with Gasteiger partial charge in [-0.25, -0.2) is 4.98 Å². The molecule has 0 saturated carbocycles. The lowest BCUT2D eigenvalue weighted by Crippen LogP contribution is -2.24. The second-order valence-corrected chi connectivity index (χ2v) is 3.97. The molecule has 4 nitrogen and oxygen atoms in total. The van der Waals surface area contributed by atoms with E-state index in [0.29, 0.717) is 6.54 Å². The second-order valence-electron chi connectivity index (χ2n) is 3.97. The van der Waals surface area contributed by atoms with Crippen LogP contribution in [0.15, 0.2) is 24.5 Å². The van der Waals surface area contributed by atoms with E-state index in [0.717, 1.165) is 25.0 Å². The number of nitrogens with two attached hydrogens (primary N) is 1. The molecule has 4 heteroatoms. The van der Waals surface area contributed by atoms with Gasteiger partial charge in [0, 0.05) is 20.1 Å². The van der Waals surface area contributed by atoms with Crippen LogP contribution >= 0.6 is 0 Å². The van der Waals surface area contributed by atoms with Crippen molar-refractivity contribution in [1.82, 2.24) is 14.9 Å². The summed E-state index contributed by atoms with van der Waals surface area (Å²) in [5, 5.41) is 3.29. The highest BCUT2D eigenvalue weighted by Crippen LogP contribution is 2.13. The summed E-state index contributed by atoms with van der Waals surface area (Å²) in [7, 11) is 2.01. The molecule has 0 aliphatic rings. The van der Waals surface area contributed by atoms with Crippen molar-refractivity contribution in [3.05, 3.63) is 30.1 Å². The number of fused-ring (bicyclic) bond motifs is 1. The van der Waals surface area contributed by atoms with Gasteiger partial charge in [-0.2, -0.15) is 0 Å². The van der Waals surface area contributed by atoms with Crippen LogP contribution in [0, 0.1) is 0 Å². The molecule has 1 heterocycles. The minimum atomic E-state index is 0.694. The van der Waals surface area contributed by atoms with Crippen molar-refractivity contribution in [2.45, 2.75) is 6.42 Å². The van der Waals surface area contributed by atoms with E-state index in [-0.39, 0.29) is 0 Å². The zero-order valence-corrected chi connectivity index (χ0v) is 9.61. The van der Waals surface area contributed by atoms with E-state index in [1.54, 1.807) is 0 Å². The van der Waals surface area contributed by atoms with Crippen LogP contribution in [0.2, 0.25) is 0 Å². The molecule has 0 amide bonds. The molecule has 16 heavy (non-hydrogen) atoms. The fourth-order valence-corrected chi connectivity index (χ4v) is 1.80. The number of aromatic nitrogens is 2. The Bertz CT molecular complexity index is 461. The van der Waals surface area contributed by atoms with Gasteiger partial charge in [0.15, 0.2) is 0 Å². The molecule has 2 aromatic rings. The number of nitrogens with one attached hydrogen (secondary N) is 1. The monoisotopic (exact) mass is 218 g/mol. The normalized spacial score (nSPS) is 11.1. The third-order valence-electron chi connectivity index (χ3n) is 2.70. The molecule has 0 radical (unpaired) electrons. The Morgan fingerprint density at radius 2 is 2.25 bits per heavy atom. The van der Waals surface area contributed by atoms with Crippen molar-refractivity contribution < 1.29 is 0 Å². The van der Waals surface area contributed by atoms with Crippen LogP contribution < -0.4 is 11.1 Å². The van der Waals surface area contributed by atoms with E-state index < -0.39 is 0 Å². The summed E-state index contributed by atoms with van der Waals surface area (Å²) in [4.78, 5) is 4.35. The average molecular weight is 218 g/mol. The summed E-state index contributed by atoms with van der Waals surface area (Å²) in [6.07, 6.45) is 2.87. The van der Waals surface area contributed by atoms with Crippen LogP contribution in [-0.4, -0.2) is 29.2 Å². The van der Waals surface area contributed by atoms with Gasteiger partial charge in [-0.05, 0) is 30.7 Å². The molecule has 1 aromatic heterocycles. The number of aryl methyl sites for hydroxylation is 1. The maximum absolute atomic E-state index is 5.41. The predicted octanol–water partition coefficient (Wildman–Crippen LogP) is 0.664. The van der Waals surface area contributed by atoms with Gasteiger partial charge in [0.25, 0.3) is 0 Å². The maximum atomic E-state index is 5.41. The van der Waals surface area contributed by atoms with Gasteiger partial charge in [-0.15, -0.1) is 0 Å². The highest BCUT2D eigenvalue weighted by molar-refractivity contribution is 5.75. The van der Waals surface area contributed by atoms with E-state index in [9.17, 15) is 0 Å². The number of rotatable bonds is 5. The Hall–Kier alpha value is -1.39. The molecule has 0 unspecified atom stereocenters. The standard InChI is InChI=1S/C12H18N4/c1-16-9-15-11-8-10(2-3-12(11)16)4-6-14-7-5-13/h2-3,8-9,14H,4-7,13H2,1H3.